The molecule has 0 saturated carbocycles. The number of benzene rings is 13. The first-order valence-corrected chi connectivity index (χ1v) is 30.9. The Hall–Kier alpha value is -11.5. The highest BCUT2D eigenvalue weighted by Crippen LogP contribution is 2.54. The summed E-state index contributed by atoms with van der Waals surface area (Å²) >= 11 is 0. The summed E-state index contributed by atoms with van der Waals surface area (Å²) < 4.78 is 19.3. The third kappa shape index (κ3) is 8.42. The minimum absolute atomic E-state index is 0.154. The van der Waals surface area contributed by atoms with Crippen molar-refractivity contribution in [2.24, 2.45) is 0 Å². The van der Waals surface area contributed by atoms with E-state index in [1.54, 1.807) is 0 Å². The van der Waals surface area contributed by atoms with Gasteiger partial charge in [-0.2, -0.15) is 0 Å². The van der Waals surface area contributed by atoms with Gasteiger partial charge in [0.1, 0.15) is 34.0 Å². The quantitative estimate of drug-likeness (QED) is 0.138. The van der Waals surface area contributed by atoms with E-state index in [0.29, 0.717) is 0 Å². The van der Waals surface area contributed by atoms with Gasteiger partial charge in [0.25, 0.3) is 0 Å². The Labute approximate surface area is 521 Å². The number of furan rings is 3. The number of nitrogens with one attached hydrogen (secondary N) is 1. The molecule has 4 heterocycles. The Morgan fingerprint density at radius 3 is 1.62 bits per heavy atom. The van der Waals surface area contributed by atoms with E-state index in [4.69, 9.17) is 13.3 Å². The standard InChI is InChI=1S/C83H56BN3O3/c1-83(2)69-43-35-52-16-6-10-22-67(52)81(69)68-42-41-65(49-70(68)83)86(64-40-34-55-44-60(29-28-56(55)45-64)80-48-59-19-9-15-27-77(59)90-80)66-50-72(85-62-36-30-53(31-37-62)78-46-57-17-7-13-25-75(57)88-78)82-74(51-66)87(73-24-12-11-23-71(73)84(82)61-20-4-3-5-21-61)63-38-32-54(33-39-63)79-47-58-18-8-14-26-76(58)89-79/h3-51,85H,1-2H3. The molecule has 7 heteroatoms. The highest BCUT2D eigenvalue weighted by atomic mass is 16.3. The molecule has 424 valence electrons. The lowest BCUT2D eigenvalue weighted by Gasteiger charge is -2.39. The Morgan fingerprint density at radius 1 is 0.389 bits per heavy atom. The Bertz CT molecular complexity index is 5420. The lowest BCUT2D eigenvalue weighted by molar-refractivity contribution is 0.631. The minimum atomic E-state index is -0.290. The summed E-state index contributed by atoms with van der Waals surface area (Å²) in [4.78, 5) is 4.94. The molecule has 13 aromatic carbocycles. The highest BCUT2D eigenvalue weighted by Gasteiger charge is 2.40. The fraction of sp³-hybridized carbons (Fsp3) is 0.0361. The van der Waals surface area contributed by atoms with Crippen LogP contribution in [0.25, 0.3) is 99.6 Å². The molecule has 1 N–H and O–H groups in total. The zero-order valence-corrected chi connectivity index (χ0v) is 49.5. The summed E-state index contributed by atoms with van der Waals surface area (Å²) in [6, 6.07) is 107. The maximum absolute atomic E-state index is 6.46. The molecule has 0 spiro atoms. The Kier molecular flexibility index (Phi) is 11.6. The van der Waals surface area contributed by atoms with Crippen molar-refractivity contribution in [2.75, 3.05) is 15.1 Å². The Balaban J connectivity index is 0.867. The molecule has 18 rings (SSSR count). The zero-order valence-electron chi connectivity index (χ0n) is 49.5. The molecule has 0 atom stereocenters. The van der Waals surface area contributed by atoms with E-state index < -0.39 is 0 Å². The topological polar surface area (TPSA) is 57.9 Å². The predicted molar refractivity (Wildman–Crippen MR) is 375 cm³/mol. The van der Waals surface area contributed by atoms with Gasteiger partial charge in [0, 0.05) is 78.1 Å². The molecule has 0 radical (unpaired) electrons. The average molecular weight is 1150 g/mol. The van der Waals surface area contributed by atoms with Crippen molar-refractivity contribution in [3.63, 3.8) is 0 Å². The molecule has 90 heavy (non-hydrogen) atoms. The second-order valence-electron chi connectivity index (χ2n) is 24.5. The van der Waals surface area contributed by atoms with Crippen LogP contribution >= 0.6 is 0 Å². The van der Waals surface area contributed by atoms with Crippen LogP contribution in [-0.4, -0.2) is 6.71 Å². The molecule has 0 bridgehead atoms. The van der Waals surface area contributed by atoms with Gasteiger partial charge < -0.3 is 28.4 Å². The van der Waals surface area contributed by atoms with Crippen molar-refractivity contribution in [3.05, 3.63) is 308 Å². The van der Waals surface area contributed by atoms with E-state index in [0.717, 1.165) is 129 Å². The van der Waals surface area contributed by atoms with Crippen LogP contribution in [-0.2, 0) is 5.41 Å². The maximum atomic E-state index is 6.46. The maximum Gasteiger partial charge on any atom is 0.249 e. The number of nitrogens with zero attached hydrogens (tertiary/aromatic N) is 2. The van der Waals surface area contributed by atoms with E-state index in [1.807, 2.05) is 36.4 Å². The number of hydrogen-bond donors (Lipinski definition) is 1. The summed E-state index contributed by atoms with van der Waals surface area (Å²) in [5.74, 6) is 2.51. The second-order valence-corrected chi connectivity index (χ2v) is 24.5. The monoisotopic (exact) mass is 1150 g/mol. The SMILES string of the molecule is CC1(C)c2cc(N(c3cc(Nc4ccc(-c5cc6ccccc6o5)cc4)c4c(c3)N(c3ccc(-c5cc6ccccc6o5)cc3)c3ccccc3B4c3ccccc3)c3ccc4cc(-c5cc6ccccc6o5)ccc4c3)ccc2-c2c1ccc1ccccc21. The summed E-state index contributed by atoms with van der Waals surface area (Å²) in [5.41, 5.74) is 22.3. The van der Waals surface area contributed by atoms with Gasteiger partial charge in [-0.1, -0.05) is 183 Å². The summed E-state index contributed by atoms with van der Waals surface area (Å²) in [5, 5.41) is 12.1. The van der Waals surface area contributed by atoms with Crippen LogP contribution in [0.15, 0.2) is 311 Å². The van der Waals surface area contributed by atoms with E-state index in [9.17, 15) is 0 Å². The van der Waals surface area contributed by atoms with Crippen LogP contribution in [0.1, 0.15) is 25.0 Å². The number of hydrogen-bond acceptors (Lipinski definition) is 6. The smallest absolute Gasteiger partial charge is 0.249 e. The van der Waals surface area contributed by atoms with Crippen molar-refractivity contribution in [3.8, 4) is 45.1 Å². The molecule has 3 aromatic heterocycles. The van der Waals surface area contributed by atoms with Gasteiger partial charge in [0.05, 0.1) is 5.69 Å². The van der Waals surface area contributed by atoms with Crippen molar-refractivity contribution >= 4 is 123 Å². The van der Waals surface area contributed by atoms with Gasteiger partial charge in [-0.05, 0) is 188 Å². The first-order chi connectivity index (χ1) is 44.3. The lowest BCUT2D eigenvalue weighted by atomic mass is 9.34. The van der Waals surface area contributed by atoms with E-state index in [1.165, 1.54) is 44.0 Å². The number of fused-ring (bicyclic) bond motifs is 11. The Morgan fingerprint density at radius 2 is 0.933 bits per heavy atom. The molecule has 1 aliphatic carbocycles. The third-order valence-corrected chi connectivity index (χ3v) is 18.9. The molecule has 2 aliphatic rings. The zero-order chi connectivity index (χ0) is 59.6. The van der Waals surface area contributed by atoms with Gasteiger partial charge >= 0.3 is 0 Å². The molecular formula is C83H56BN3O3. The molecule has 6 nitrogen and oxygen atoms in total. The van der Waals surface area contributed by atoms with Gasteiger partial charge in [-0.3, -0.25) is 0 Å². The largest absolute Gasteiger partial charge is 0.456 e. The molecule has 0 saturated heterocycles. The highest BCUT2D eigenvalue weighted by molar-refractivity contribution is 6.99. The van der Waals surface area contributed by atoms with Crippen LogP contribution in [0.2, 0.25) is 0 Å². The van der Waals surface area contributed by atoms with Gasteiger partial charge in [0.2, 0.25) is 6.71 Å². The van der Waals surface area contributed by atoms with Crippen LogP contribution in [0.4, 0.5) is 45.5 Å². The molecule has 16 aromatic rings. The minimum Gasteiger partial charge on any atom is -0.456 e. The number of rotatable bonds is 10. The van der Waals surface area contributed by atoms with Crippen molar-refractivity contribution < 1.29 is 13.3 Å². The molecular weight excluding hydrogens is 1100 g/mol. The van der Waals surface area contributed by atoms with Crippen LogP contribution < -0.4 is 31.5 Å². The molecule has 0 unspecified atom stereocenters. The van der Waals surface area contributed by atoms with Gasteiger partial charge in [-0.25, -0.2) is 0 Å². The fourth-order valence-electron chi connectivity index (χ4n) is 14.5. The van der Waals surface area contributed by atoms with Crippen LogP contribution in [0.5, 0.6) is 0 Å². The van der Waals surface area contributed by atoms with Gasteiger partial charge in [0.15, 0.2) is 0 Å². The molecule has 0 fully saturated rings. The number of para-hydroxylation sites is 4. The molecule has 1 aliphatic heterocycles. The normalized spacial score (nSPS) is 13.0. The third-order valence-electron chi connectivity index (χ3n) is 18.9. The van der Waals surface area contributed by atoms with E-state index in [2.05, 4.69) is 290 Å². The summed E-state index contributed by atoms with van der Waals surface area (Å²) in [6.45, 7) is 4.61. The van der Waals surface area contributed by atoms with E-state index in [-0.39, 0.29) is 12.1 Å². The second kappa shape index (κ2) is 20.3. The predicted octanol–water partition coefficient (Wildman–Crippen LogP) is 21.1. The number of anilines is 8. The average Bonchev–Trinajstić information content (AvgIpc) is 1.26. The summed E-state index contributed by atoms with van der Waals surface area (Å²) in [7, 11) is 0. The fourth-order valence-corrected chi connectivity index (χ4v) is 14.5. The van der Waals surface area contributed by atoms with Gasteiger partial charge in [-0.15, -0.1) is 0 Å². The summed E-state index contributed by atoms with van der Waals surface area (Å²) in [6.07, 6.45) is 0. The van der Waals surface area contributed by atoms with Crippen molar-refractivity contribution in [2.45, 2.75) is 19.3 Å². The first-order valence-electron chi connectivity index (χ1n) is 30.9. The van der Waals surface area contributed by atoms with Crippen molar-refractivity contribution in [1.82, 2.24) is 0 Å². The van der Waals surface area contributed by atoms with Crippen LogP contribution in [0, 0.1) is 0 Å². The lowest BCUT2D eigenvalue weighted by Crippen LogP contribution is -2.57. The van der Waals surface area contributed by atoms with Crippen LogP contribution in [0.3, 0.4) is 0 Å². The molecule has 0 amide bonds. The van der Waals surface area contributed by atoms with Crippen molar-refractivity contribution in [1.29, 1.82) is 0 Å². The van der Waals surface area contributed by atoms with E-state index >= 15 is 0 Å². The first kappa shape index (κ1) is 51.7.